The van der Waals surface area contributed by atoms with E-state index in [0.29, 0.717) is 17.8 Å². The standard InChI is InChI=1S/C14H11N3O2S/c18-12-3-1-2-11(10-6-7-20-8-10)17(12)14-15-13(19-16-14)9-4-5-9/h1-3,6-9H,4-5H2. The molecule has 1 aliphatic carbocycles. The van der Waals surface area contributed by atoms with Gasteiger partial charge >= 0.3 is 0 Å². The molecule has 0 radical (unpaired) electrons. The fourth-order valence-electron chi connectivity index (χ4n) is 2.15. The average molecular weight is 285 g/mol. The van der Waals surface area contributed by atoms with Gasteiger partial charge in [-0.15, -0.1) is 0 Å². The topological polar surface area (TPSA) is 60.9 Å². The Balaban J connectivity index is 1.89. The molecule has 3 aromatic rings. The van der Waals surface area contributed by atoms with E-state index < -0.39 is 0 Å². The van der Waals surface area contributed by atoms with Crippen LogP contribution in [-0.2, 0) is 0 Å². The van der Waals surface area contributed by atoms with E-state index in [0.717, 1.165) is 24.1 Å². The fourth-order valence-corrected chi connectivity index (χ4v) is 2.79. The second kappa shape index (κ2) is 4.42. The van der Waals surface area contributed by atoms with Crippen molar-refractivity contribution in [2.75, 3.05) is 0 Å². The Morgan fingerprint density at radius 1 is 1.30 bits per heavy atom. The average Bonchev–Trinajstić information content (AvgIpc) is 2.98. The molecular weight excluding hydrogens is 274 g/mol. The highest BCUT2D eigenvalue weighted by molar-refractivity contribution is 7.08. The van der Waals surface area contributed by atoms with Gasteiger partial charge in [0.2, 0.25) is 5.89 Å². The van der Waals surface area contributed by atoms with Crippen molar-refractivity contribution in [3.63, 3.8) is 0 Å². The highest BCUT2D eigenvalue weighted by Crippen LogP contribution is 2.39. The summed E-state index contributed by atoms with van der Waals surface area (Å²) in [5.41, 5.74) is 1.60. The molecule has 0 bridgehead atoms. The first-order valence-corrected chi connectivity index (χ1v) is 7.36. The summed E-state index contributed by atoms with van der Waals surface area (Å²) in [5.74, 6) is 1.32. The molecule has 0 saturated heterocycles. The molecule has 0 N–H and O–H groups in total. The lowest BCUT2D eigenvalue weighted by Gasteiger charge is -2.06. The van der Waals surface area contributed by atoms with Crippen LogP contribution in [0.2, 0.25) is 0 Å². The van der Waals surface area contributed by atoms with Crippen LogP contribution in [0.5, 0.6) is 0 Å². The minimum atomic E-state index is -0.156. The maximum atomic E-state index is 12.2. The van der Waals surface area contributed by atoms with Gasteiger partial charge in [0.1, 0.15) is 0 Å². The van der Waals surface area contributed by atoms with Gasteiger partial charge in [-0.2, -0.15) is 16.3 Å². The Bertz CT molecular complexity index is 800. The number of nitrogens with zero attached hydrogens (tertiary/aromatic N) is 3. The summed E-state index contributed by atoms with van der Waals surface area (Å²) in [7, 11) is 0. The summed E-state index contributed by atoms with van der Waals surface area (Å²) in [5, 5.41) is 7.93. The van der Waals surface area contributed by atoms with Crippen molar-refractivity contribution in [3.8, 4) is 17.2 Å². The number of thiophene rings is 1. The molecule has 0 spiro atoms. The van der Waals surface area contributed by atoms with Crippen molar-refractivity contribution in [3.05, 3.63) is 51.3 Å². The first-order valence-electron chi connectivity index (χ1n) is 6.41. The zero-order chi connectivity index (χ0) is 13.5. The smallest absolute Gasteiger partial charge is 0.277 e. The lowest BCUT2D eigenvalue weighted by molar-refractivity contribution is 0.377. The lowest BCUT2D eigenvalue weighted by Crippen LogP contribution is -2.19. The van der Waals surface area contributed by atoms with Crippen molar-refractivity contribution in [2.45, 2.75) is 18.8 Å². The Morgan fingerprint density at radius 2 is 2.20 bits per heavy atom. The predicted octanol–water partition coefficient (Wildman–Crippen LogP) is 2.83. The summed E-state index contributed by atoms with van der Waals surface area (Å²) in [6, 6.07) is 7.10. The van der Waals surface area contributed by atoms with E-state index in [2.05, 4.69) is 10.1 Å². The molecule has 6 heteroatoms. The molecule has 1 fully saturated rings. The van der Waals surface area contributed by atoms with Crippen LogP contribution in [0.15, 0.2) is 44.3 Å². The molecule has 1 aliphatic rings. The van der Waals surface area contributed by atoms with Crippen molar-refractivity contribution >= 4 is 11.3 Å². The van der Waals surface area contributed by atoms with Crippen molar-refractivity contribution < 1.29 is 4.52 Å². The van der Waals surface area contributed by atoms with Gasteiger partial charge < -0.3 is 4.52 Å². The molecular formula is C14H11N3O2S. The number of aromatic nitrogens is 3. The molecule has 20 heavy (non-hydrogen) atoms. The van der Waals surface area contributed by atoms with Gasteiger partial charge in [0, 0.05) is 22.9 Å². The first kappa shape index (κ1) is 11.6. The Labute approximate surface area is 118 Å². The maximum absolute atomic E-state index is 12.2. The lowest BCUT2D eigenvalue weighted by atomic mass is 10.2. The maximum Gasteiger partial charge on any atom is 0.277 e. The molecule has 100 valence electrons. The molecule has 0 unspecified atom stereocenters. The first-order chi connectivity index (χ1) is 9.83. The molecule has 0 amide bonds. The third-order valence-electron chi connectivity index (χ3n) is 3.33. The van der Waals surface area contributed by atoms with Crippen LogP contribution in [0.3, 0.4) is 0 Å². The molecule has 0 atom stereocenters. The van der Waals surface area contributed by atoms with Crippen molar-refractivity contribution in [2.24, 2.45) is 0 Å². The van der Waals surface area contributed by atoms with Gasteiger partial charge in [0.15, 0.2) is 0 Å². The molecule has 3 aromatic heterocycles. The van der Waals surface area contributed by atoms with Crippen molar-refractivity contribution in [1.29, 1.82) is 0 Å². The molecule has 0 aliphatic heterocycles. The number of rotatable bonds is 3. The summed E-state index contributed by atoms with van der Waals surface area (Å²) >= 11 is 1.58. The van der Waals surface area contributed by atoms with E-state index in [4.69, 9.17) is 4.52 Å². The molecule has 4 rings (SSSR count). The van der Waals surface area contributed by atoms with Crippen molar-refractivity contribution in [1.82, 2.24) is 14.7 Å². The second-order valence-electron chi connectivity index (χ2n) is 4.80. The number of pyridine rings is 1. The minimum Gasteiger partial charge on any atom is -0.337 e. The van der Waals surface area contributed by atoms with Crippen LogP contribution >= 0.6 is 11.3 Å². The minimum absolute atomic E-state index is 0.156. The van der Waals surface area contributed by atoms with E-state index in [9.17, 15) is 4.79 Å². The van der Waals surface area contributed by atoms with Gasteiger partial charge in [0.25, 0.3) is 11.5 Å². The SMILES string of the molecule is O=c1cccc(-c2ccsc2)n1-c1noc(C2CC2)n1. The van der Waals surface area contributed by atoms with Gasteiger partial charge in [-0.25, -0.2) is 4.57 Å². The quantitative estimate of drug-likeness (QED) is 0.742. The van der Waals surface area contributed by atoms with Gasteiger partial charge in [0.05, 0.1) is 5.69 Å². The van der Waals surface area contributed by atoms with Crippen LogP contribution in [0.25, 0.3) is 17.2 Å². The van der Waals surface area contributed by atoms with E-state index in [1.54, 1.807) is 17.4 Å². The van der Waals surface area contributed by atoms with E-state index in [-0.39, 0.29) is 5.56 Å². The van der Waals surface area contributed by atoms with Gasteiger partial charge in [-0.1, -0.05) is 6.07 Å². The molecule has 1 saturated carbocycles. The molecule has 0 aromatic carbocycles. The van der Waals surface area contributed by atoms with E-state index in [1.807, 2.05) is 22.9 Å². The normalized spacial score (nSPS) is 14.6. The van der Waals surface area contributed by atoms with E-state index >= 15 is 0 Å². The zero-order valence-corrected chi connectivity index (χ0v) is 11.3. The number of hydrogen-bond donors (Lipinski definition) is 0. The summed E-state index contributed by atoms with van der Waals surface area (Å²) < 4.78 is 6.75. The monoisotopic (exact) mass is 285 g/mol. The summed E-state index contributed by atoms with van der Waals surface area (Å²) in [6.45, 7) is 0. The number of hydrogen-bond acceptors (Lipinski definition) is 5. The van der Waals surface area contributed by atoms with Crippen LogP contribution in [-0.4, -0.2) is 14.7 Å². The summed E-state index contributed by atoms with van der Waals surface area (Å²) in [4.78, 5) is 16.5. The predicted molar refractivity (Wildman–Crippen MR) is 75.2 cm³/mol. The van der Waals surface area contributed by atoms with E-state index in [1.165, 1.54) is 10.6 Å². The zero-order valence-electron chi connectivity index (χ0n) is 10.5. The van der Waals surface area contributed by atoms with Gasteiger partial charge in [-0.3, -0.25) is 4.79 Å². The van der Waals surface area contributed by atoms with Crippen LogP contribution in [0.1, 0.15) is 24.7 Å². The molecule has 5 nitrogen and oxygen atoms in total. The molecule has 3 heterocycles. The third-order valence-corrected chi connectivity index (χ3v) is 4.01. The summed E-state index contributed by atoms with van der Waals surface area (Å²) in [6.07, 6.45) is 2.17. The largest absolute Gasteiger partial charge is 0.337 e. The Hall–Kier alpha value is -2.21. The van der Waals surface area contributed by atoms with Crippen LogP contribution < -0.4 is 5.56 Å². The van der Waals surface area contributed by atoms with Gasteiger partial charge in [-0.05, 0) is 35.5 Å². The third kappa shape index (κ3) is 1.89. The Morgan fingerprint density at radius 3 is 2.95 bits per heavy atom. The Kier molecular flexibility index (Phi) is 2.56. The highest BCUT2D eigenvalue weighted by atomic mass is 32.1. The van der Waals surface area contributed by atoms with Crippen LogP contribution in [0, 0.1) is 0 Å². The highest BCUT2D eigenvalue weighted by Gasteiger charge is 2.30. The van der Waals surface area contributed by atoms with Crippen LogP contribution in [0.4, 0.5) is 0 Å². The second-order valence-corrected chi connectivity index (χ2v) is 5.58. The fraction of sp³-hybridized carbons (Fsp3) is 0.214.